The third-order valence-corrected chi connectivity index (χ3v) is 5.68. The zero-order valence-corrected chi connectivity index (χ0v) is 10.9. The third kappa shape index (κ3) is 3.33. The van der Waals surface area contributed by atoms with Crippen molar-refractivity contribution in [2.75, 3.05) is 37.7 Å². The summed E-state index contributed by atoms with van der Waals surface area (Å²) in [5.41, 5.74) is 0. The van der Waals surface area contributed by atoms with Gasteiger partial charge >= 0.3 is 0 Å². The molecule has 0 bridgehead atoms. The van der Waals surface area contributed by atoms with Crippen LogP contribution in [-0.4, -0.2) is 56.4 Å². The summed E-state index contributed by atoms with van der Waals surface area (Å²) < 4.78 is 28.4. The molecule has 7 heteroatoms. The molecule has 0 aromatic rings. The van der Waals surface area contributed by atoms with Gasteiger partial charge in [0.25, 0.3) is 10.2 Å². The summed E-state index contributed by atoms with van der Waals surface area (Å²) in [7, 11) is -3.25. The van der Waals surface area contributed by atoms with Crippen molar-refractivity contribution in [3.63, 3.8) is 0 Å². The van der Waals surface area contributed by atoms with Crippen molar-refractivity contribution in [1.82, 2.24) is 14.3 Å². The van der Waals surface area contributed by atoms with Crippen LogP contribution in [0.5, 0.6) is 0 Å². The maximum absolute atomic E-state index is 12.0. The van der Waals surface area contributed by atoms with E-state index in [9.17, 15) is 8.42 Å². The van der Waals surface area contributed by atoms with Crippen molar-refractivity contribution in [2.45, 2.75) is 18.9 Å². The van der Waals surface area contributed by atoms with Crippen LogP contribution in [0, 0.1) is 0 Å². The molecule has 0 aromatic carbocycles. The Morgan fingerprint density at radius 2 is 1.81 bits per heavy atom. The van der Waals surface area contributed by atoms with Gasteiger partial charge in [0.05, 0.1) is 0 Å². The van der Waals surface area contributed by atoms with Crippen LogP contribution in [0.25, 0.3) is 0 Å². The van der Waals surface area contributed by atoms with Gasteiger partial charge in [0, 0.05) is 32.2 Å². The first-order chi connectivity index (χ1) is 7.68. The number of hydrogen-bond donors (Lipinski definition) is 2. The van der Waals surface area contributed by atoms with Crippen LogP contribution in [-0.2, 0) is 10.2 Å². The fourth-order valence-corrected chi connectivity index (χ4v) is 4.56. The van der Waals surface area contributed by atoms with Crippen molar-refractivity contribution in [2.24, 2.45) is 0 Å². The monoisotopic (exact) mass is 265 g/mol. The highest BCUT2D eigenvalue weighted by Gasteiger charge is 2.27. The van der Waals surface area contributed by atoms with E-state index in [1.807, 2.05) is 11.8 Å². The van der Waals surface area contributed by atoms with Gasteiger partial charge in [-0.05, 0) is 24.3 Å². The topological polar surface area (TPSA) is 61.4 Å². The summed E-state index contributed by atoms with van der Waals surface area (Å²) in [6.45, 7) is 2.66. The van der Waals surface area contributed by atoms with E-state index in [0.29, 0.717) is 13.1 Å². The van der Waals surface area contributed by atoms with Crippen LogP contribution in [0.15, 0.2) is 0 Å². The molecule has 0 aliphatic carbocycles. The van der Waals surface area contributed by atoms with Crippen LogP contribution >= 0.6 is 11.8 Å². The van der Waals surface area contributed by atoms with Crippen molar-refractivity contribution in [3.05, 3.63) is 0 Å². The molecular weight excluding hydrogens is 246 g/mol. The van der Waals surface area contributed by atoms with Gasteiger partial charge in [0.1, 0.15) is 0 Å². The second-order valence-corrected chi connectivity index (χ2v) is 7.09. The van der Waals surface area contributed by atoms with Crippen LogP contribution in [0.2, 0.25) is 0 Å². The van der Waals surface area contributed by atoms with Gasteiger partial charge in [-0.3, -0.25) is 0 Å². The summed E-state index contributed by atoms with van der Waals surface area (Å²) >= 11 is 1.90. The third-order valence-electron chi connectivity index (χ3n) is 2.95. The molecular formula is C9H19N3O2S2. The first-order valence-corrected chi connectivity index (χ1v) is 8.34. The smallest absolute Gasteiger partial charge is 0.279 e. The Bertz CT molecular complexity index is 309. The molecule has 16 heavy (non-hydrogen) atoms. The molecule has 2 aliphatic rings. The molecule has 0 aromatic heterocycles. The molecule has 2 fully saturated rings. The standard InChI is InChI=1S/C9H19N3O2S2/c13-16(14,12-5-3-10-4-6-12)11-9-1-7-15-8-2-9/h9-11H,1-8H2. The summed E-state index contributed by atoms with van der Waals surface area (Å²) in [5, 5.41) is 3.15. The quantitative estimate of drug-likeness (QED) is 0.730. The lowest BCUT2D eigenvalue weighted by Crippen LogP contribution is -2.52. The van der Waals surface area contributed by atoms with Gasteiger partial charge in [-0.25, -0.2) is 0 Å². The minimum absolute atomic E-state index is 0.140. The number of thioether (sulfide) groups is 1. The molecule has 2 rings (SSSR count). The highest BCUT2D eigenvalue weighted by atomic mass is 32.2. The minimum atomic E-state index is -3.25. The summed E-state index contributed by atoms with van der Waals surface area (Å²) in [6.07, 6.45) is 1.91. The van der Waals surface area contributed by atoms with Gasteiger partial charge in [-0.15, -0.1) is 0 Å². The number of piperazine rings is 1. The SMILES string of the molecule is O=S(=O)(NC1CCSCC1)N1CCNCC1. The average molecular weight is 265 g/mol. The summed E-state index contributed by atoms with van der Waals surface area (Å²) in [6, 6.07) is 0.140. The van der Waals surface area contributed by atoms with Crippen molar-refractivity contribution >= 4 is 22.0 Å². The van der Waals surface area contributed by atoms with E-state index in [1.165, 1.54) is 0 Å². The van der Waals surface area contributed by atoms with E-state index in [4.69, 9.17) is 0 Å². The van der Waals surface area contributed by atoms with E-state index < -0.39 is 10.2 Å². The lowest BCUT2D eigenvalue weighted by Gasteiger charge is -2.30. The van der Waals surface area contributed by atoms with E-state index >= 15 is 0 Å². The number of hydrogen-bond acceptors (Lipinski definition) is 4. The second-order valence-electron chi connectivity index (χ2n) is 4.16. The highest BCUT2D eigenvalue weighted by Crippen LogP contribution is 2.18. The Hall–Kier alpha value is 0.180. The van der Waals surface area contributed by atoms with Crippen molar-refractivity contribution in [1.29, 1.82) is 0 Å². The van der Waals surface area contributed by atoms with Crippen LogP contribution in [0.1, 0.15) is 12.8 Å². The Balaban J connectivity index is 1.90. The van der Waals surface area contributed by atoms with E-state index in [-0.39, 0.29) is 6.04 Å². The molecule has 0 saturated carbocycles. The Kier molecular flexibility index (Phi) is 4.48. The highest BCUT2D eigenvalue weighted by molar-refractivity contribution is 7.99. The number of nitrogens with zero attached hydrogens (tertiary/aromatic N) is 1. The predicted molar refractivity (Wildman–Crippen MR) is 66.8 cm³/mol. The molecule has 2 saturated heterocycles. The molecule has 2 N–H and O–H groups in total. The Morgan fingerprint density at radius 3 is 2.44 bits per heavy atom. The first-order valence-electron chi connectivity index (χ1n) is 5.74. The van der Waals surface area contributed by atoms with Crippen LogP contribution in [0.4, 0.5) is 0 Å². The zero-order chi connectivity index (χ0) is 11.4. The number of nitrogens with one attached hydrogen (secondary N) is 2. The van der Waals surface area contributed by atoms with Crippen molar-refractivity contribution in [3.8, 4) is 0 Å². The lowest BCUT2D eigenvalue weighted by molar-refractivity contribution is 0.349. The Labute approximate surface area is 102 Å². The minimum Gasteiger partial charge on any atom is -0.314 e. The lowest BCUT2D eigenvalue weighted by atomic mass is 10.2. The van der Waals surface area contributed by atoms with Gasteiger partial charge in [-0.1, -0.05) is 0 Å². The molecule has 5 nitrogen and oxygen atoms in total. The van der Waals surface area contributed by atoms with E-state index in [2.05, 4.69) is 10.0 Å². The summed E-state index contributed by atoms with van der Waals surface area (Å²) in [4.78, 5) is 0. The first kappa shape index (κ1) is 12.6. The van der Waals surface area contributed by atoms with E-state index in [1.54, 1.807) is 4.31 Å². The molecule has 2 heterocycles. The maximum Gasteiger partial charge on any atom is 0.279 e. The second kappa shape index (κ2) is 5.68. The molecule has 94 valence electrons. The molecule has 0 radical (unpaired) electrons. The maximum atomic E-state index is 12.0. The van der Waals surface area contributed by atoms with Gasteiger partial charge in [0.15, 0.2) is 0 Å². The van der Waals surface area contributed by atoms with Crippen LogP contribution in [0.3, 0.4) is 0 Å². The van der Waals surface area contributed by atoms with Crippen molar-refractivity contribution < 1.29 is 8.42 Å². The van der Waals surface area contributed by atoms with E-state index in [0.717, 1.165) is 37.4 Å². The number of rotatable bonds is 3. The zero-order valence-electron chi connectivity index (χ0n) is 9.31. The molecule has 0 atom stereocenters. The van der Waals surface area contributed by atoms with Gasteiger partial charge in [0.2, 0.25) is 0 Å². The molecule has 2 aliphatic heterocycles. The molecule has 0 spiro atoms. The summed E-state index contributed by atoms with van der Waals surface area (Å²) in [5.74, 6) is 2.13. The normalized spacial score (nSPS) is 25.8. The molecule has 0 unspecified atom stereocenters. The fourth-order valence-electron chi connectivity index (χ4n) is 1.99. The molecule has 0 amide bonds. The Morgan fingerprint density at radius 1 is 1.19 bits per heavy atom. The van der Waals surface area contributed by atoms with Crippen LogP contribution < -0.4 is 10.0 Å². The predicted octanol–water partition coefficient (Wildman–Crippen LogP) is -0.378. The van der Waals surface area contributed by atoms with Gasteiger partial charge in [-0.2, -0.15) is 29.2 Å². The fraction of sp³-hybridized carbons (Fsp3) is 1.00. The van der Waals surface area contributed by atoms with Gasteiger partial charge < -0.3 is 5.32 Å². The average Bonchev–Trinajstić information content (AvgIpc) is 2.31. The largest absolute Gasteiger partial charge is 0.314 e.